The van der Waals surface area contributed by atoms with E-state index in [1.54, 1.807) is 11.8 Å². The molecule has 0 bridgehead atoms. The summed E-state index contributed by atoms with van der Waals surface area (Å²) in [6, 6.07) is 20.5. The third-order valence-corrected chi connectivity index (χ3v) is 6.57. The molecule has 33 heavy (non-hydrogen) atoms. The molecule has 0 atom stereocenters. The molecule has 7 nitrogen and oxygen atoms in total. The molecule has 0 radical (unpaired) electrons. The summed E-state index contributed by atoms with van der Waals surface area (Å²) in [5.41, 5.74) is 2.25. The van der Waals surface area contributed by atoms with E-state index >= 15 is 0 Å². The van der Waals surface area contributed by atoms with Crippen molar-refractivity contribution in [3.05, 3.63) is 72.1 Å². The van der Waals surface area contributed by atoms with Crippen LogP contribution >= 0.6 is 11.8 Å². The minimum atomic E-state index is 0.109. The Morgan fingerprint density at radius 1 is 1.00 bits per heavy atom. The van der Waals surface area contributed by atoms with Crippen molar-refractivity contribution in [2.45, 2.75) is 24.4 Å². The zero-order valence-electron chi connectivity index (χ0n) is 18.9. The van der Waals surface area contributed by atoms with Gasteiger partial charge in [0.2, 0.25) is 5.91 Å². The number of nitrogens with one attached hydrogen (secondary N) is 1. The third-order valence-electron chi connectivity index (χ3n) is 5.55. The van der Waals surface area contributed by atoms with Crippen LogP contribution in [0.1, 0.15) is 24.2 Å². The smallest absolute Gasteiger partial charge is 0.220 e. The van der Waals surface area contributed by atoms with Crippen molar-refractivity contribution < 1.29 is 9.53 Å². The first kappa shape index (κ1) is 23.5. The zero-order valence-corrected chi connectivity index (χ0v) is 19.7. The van der Waals surface area contributed by atoms with E-state index in [1.807, 2.05) is 36.4 Å². The summed E-state index contributed by atoms with van der Waals surface area (Å²) in [5, 5.41) is 12.8. The van der Waals surface area contributed by atoms with Crippen LogP contribution in [0.25, 0.3) is 5.69 Å². The van der Waals surface area contributed by atoms with Gasteiger partial charge in [0.25, 0.3) is 0 Å². The Morgan fingerprint density at radius 2 is 1.73 bits per heavy atom. The summed E-state index contributed by atoms with van der Waals surface area (Å²) in [6.45, 7) is 5.03. The SMILES string of the molecule is O=C(CCCSc1nnc(Cc2ccccc2)n1-c1ccccc1)NCCN1CCOCC1. The molecule has 0 spiro atoms. The van der Waals surface area contributed by atoms with Crippen LogP contribution in [-0.2, 0) is 16.0 Å². The van der Waals surface area contributed by atoms with Crippen LogP contribution in [0.15, 0.2) is 65.8 Å². The minimum Gasteiger partial charge on any atom is -0.379 e. The monoisotopic (exact) mass is 465 g/mol. The van der Waals surface area contributed by atoms with Gasteiger partial charge in [-0.3, -0.25) is 14.3 Å². The fourth-order valence-corrected chi connectivity index (χ4v) is 4.70. The Hall–Kier alpha value is -2.68. The molecule has 174 valence electrons. The Bertz CT molecular complexity index is 991. The van der Waals surface area contributed by atoms with Gasteiger partial charge in [-0.15, -0.1) is 10.2 Å². The number of benzene rings is 2. The molecule has 2 aromatic carbocycles. The number of hydrogen-bond donors (Lipinski definition) is 1. The first-order valence-electron chi connectivity index (χ1n) is 11.5. The van der Waals surface area contributed by atoms with Crippen LogP contribution in [0, 0.1) is 0 Å². The Labute approximate surface area is 199 Å². The predicted octanol–water partition coefficient (Wildman–Crippen LogP) is 3.18. The summed E-state index contributed by atoms with van der Waals surface area (Å²) in [5.74, 6) is 1.83. The fraction of sp³-hybridized carbons (Fsp3) is 0.400. The largest absolute Gasteiger partial charge is 0.379 e. The molecule has 1 aromatic heterocycles. The topological polar surface area (TPSA) is 72.3 Å². The maximum absolute atomic E-state index is 12.2. The van der Waals surface area contributed by atoms with Gasteiger partial charge in [0.15, 0.2) is 5.16 Å². The molecule has 1 amide bonds. The molecule has 4 rings (SSSR count). The van der Waals surface area contributed by atoms with Crippen molar-refractivity contribution in [3.63, 3.8) is 0 Å². The normalized spacial score (nSPS) is 14.3. The molecule has 3 aromatic rings. The van der Waals surface area contributed by atoms with Crippen LogP contribution in [0.4, 0.5) is 0 Å². The van der Waals surface area contributed by atoms with E-state index in [2.05, 4.69) is 49.2 Å². The molecule has 2 heterocycles. The lowest BCUT2D eigenvalue weighted by Gasteiger charge is -2.26. The predicted molar refractivity (Wildman–Crippen MR) is 131 cm³/mol. The zero-order chi connectivity index (χ0) is 22.7. The minimum absolute atomic E-state index is 0.109. The van der Waals surface area contributed by atoms with Crippen molar-refractivity contribution in [2.24, 2.45) is 0 Å². The van der Waals surface area contributed by atoms with Crippen molar-refractivity contribution in [2.75, 3.05) is 45.1 Å². The van der Waals surface area contributed by atoms with E-state index in [-0.39, 0.29) is 5.91 Å². The molecule has 1 aliphatic rings. The van der Waals surface area contributed by atoms with E-state index < -0.39 is 0 Å². The highest BCUT2D eigenvalue weighted by molar-refractivity contribution is 7.99. The standard InChI is InChI=1S/C25H31N5O2S/c31-24(26-13-14-29-15-17-32-18-16-29)12-7-19-33-25-28-27-23(20-21-8-3-1-4-9-21)30(25)22-10-5-2-6-11-22/h1-6,8-11H,7,12-20H2,(H,26,31). The van der Waals surface area contributed by atoms with Gasteiger partial charge in [0.1, 0.15) is 5.82 Å². The average molecular weight is 466 g/mol. The molecule has 1 aliphatic heterocycles. The number of thioether (sulfide) groups is 1. The second-order valence-corrected chi connectivity index (χ2v) is 9.05. The quantitative estimate of drug-likeness (QED) is 0.346. The highest BCUT2D eigenvalue weighted by Gasteiger charge is 2.15. The summed E-state index contributed by atoms with van der Waals surface area (Å²) in [4.78, 5) is 14.5. The number of amides is 1. The van der Waals surface area contributed by atoms with Crippen molar-refractivity contribution in [1.82, 2.24) is 25.0 Å². The molecule has 1 fully saturated rings. The van der Waals surface area contributed by atoms with E-state index in [1.165, 1.54) is 5.56 Å². The van der Waals surface area contributed by atoms with Crippen molar-refractivity contribution in [1.29, 1.82) is 0 Å². The Morgan fingerprint density at radius 3 is 2.48 bits per heavy atom. The van der Waals surface area contributed by atoms with Gasteiger partial charge in [-0.2, -0.15) is 0 Å². The van der Waals surface area contributed by atoms with Gasteiger partial charge in [0, 0.05) is 50.5 Å². The summed E-state index contributed by atoms with van der Waals surface area (Å²) >= 11 is 1.65. The number of nitrogens with zero attached hydrogens (tertiary/aromatic N) is 4. The second-order valence-electron chi connectivity index (χ2n) is 7.99. The number of para-hydroxylation sites is 1. The summed E-state index contributed by atoms with van der Waals surface area (Å²) < 4.78 is 7.48. The van der Waals surface area contributed by atoms with Gasteiger partial charge < -0.3 is 10.1 Å². The molecular formula is C25H31N5O2S. The van der Waals surface area contributed by atoms with E-state index in [4.69, 9.17) is 4.74 Å². The third kappa shape index (κ3) is 7.15. The molecule has 1 saturated heterocycles. The molecule has 0 saturated carbocycles. The molecule has 1 N–H and O–H groups in total. The van der Waals surface area contributed by atoms with Crippen LogP contribution in [0.2, 0.25) is 0 Å². The lowest BCUT2D eigenvalue weighted by atomic mass is 10.1. The van der Waals surface area contributed by atoms with Crippen LogP contribution in [-0.4, -0.2) is 70.7 Å². The molecule has 0 unspecified atom stereocenters. The van der Waals surface area contributed by atoms with E-state index in [0.29, 0.717) is 13.0 Å². The highest BCUT2D eigenvalue weighted by Crippen LogP contribution is 2.24. The average Bonchev–Trinajstić information content (AvgIpc) is 3.26. The molecule has 0 aliphatic carbocycles. The lowest BCUT2D eigenvalue weighted by Crippen LogP contribution is -2.41. The second kappa shape index (κ2) is 12.5. The summed E-state index contributed by atoms with van der Waals surface area (Å²) in [7, 11) is 0. The van der Waals surface area contributed by atoms with Crippen LogP contribution in [0.5, 0.6) is 0 Å². The number of hydrogen-bond acceptors (Lipinski definition) is 6. The molecular weight excluding hydrogens is 434 g/mol. The maximum atomic E-state index is 12.2. The number of morpholine rings is 1. The van der Waals surface area contributed by atoms with Crippen LogP contribution < -0.4 is 5.32 Å². The Kier molecular flexibility index (Phi) is 8.91. The number of rotatable bonds is 11. The highest BCUT2D eigenvalue weighted by atomic mass is 32.2. The van der Waals surface area contributed by atoms with Gasteiger partial charge >= 0.3 is 0 Å². The number of aromatic nitrogens is 3. The fourth-order valence-electron chi connectivity index (χ4n) is 3.79. The van der Waals surface area contributed by atoms with Crippen molar-refractivity contribution in [3.8, 4) is 5.69 Å². The van der Waals surface area contributed by atoms with Crippen molar-refractivity contribution >= 4 is 17.7 Å². The van der Waals surface area contributed by atoms with Gasteiger partial charge in [-0.25, -0.2) is 0 Å². The number of carbonyl (C=O) groups is 1. The Balaban J connectivity index is 1.28. The van der Waals surface area contributed by atoms with Gasteiger partial charge in [-0.1, -0.05) is 60.3 Å². The molecule has 8 heteroatoms. The number of ether oxygens (including phenoxy) is 1. The van der Waals surface area contributed by atoms with Gasteiger partial charge in [0.05, 0.1) is 13.2 Å². The first-order chi connectivity index (χ1) is 16.3. The van der Waals surface area contributed by atoms with E-state index in [9.17, 15) is 4.79 Å². The van der Waals surface area contributed by atoms with E-state index in [0.717, 1.165) is 68.1 Å². The number of carbonyl (C=O) groups excluding carboxylic acids is 1. The first-order valence-corrected chi connectivity index (χ1v) is 12.5. The lowest BCUT2D eigenvalue weighted by molar-refractivity contribution is -0.121. The van der Waals surface area contributed by atoms with Crippen LogP contribution in [0.3, 0.4) is 0 Å². The van der Waals surface area contributed by atoms with Gasteiger partial charge in [-0.05, 0) is 24.1 Å². The maximum Gasteiger partial charge on any atom is 0.220 e. The summed E-state index contributed by atoms with van der Waals surface area (Å²) in [6.07, 6.45) is 2.03.